The number of carbonyl (C=O) groups excluding carboxylic acids is 1. The van der Waals surface area contributed by atoms with Crippen LogP contribution in [0.5, 0.6) is 0 Å². The minimum Gasteiger partial charge on any atom is -0.318 e. The molecule has 2 aromatic rings. The maximum Gasteiger partial charge on any atom is 0.283 e. The Kier molecular flexibility index (Phi) is 3.88. The van der Waals surface area contributed by atoms with E-state index in [2.05, 4.69) is 4.99 Å². The molecule has 0 atom stereocenters. The largest absolute Gasteiger partial charge is 0.318 e. The number of amidine groups is 2. The maximum atomic E-state index is 13.2. The van der Waals surface area contributed by atoms with E-state index in [0.717, 1.165) is 22.6 Å². The van der Waals surface area contributed by atoms with Crippen LogP contribution in [0, 0.1) is 25.1 Å². The monoisotopic (exact) mass is 366 g/mol. The minimum atomic E-state index is -0.413. The second-order valence-corrected chi connectivity index (χ2v) is 6.89. The molecular formula is C19H15FN4OS. The van der Waals surface area contributed by atoms with Crippen molar-refractivity contribution in [3.63, 3.8) is 0 Å². The summed E-state index contributed by atoms with van der Waals surface area (Å²) in [6.45, 7) is 3.88. The highest BCUT2D eigenvalue weighted by atomic mass is 32.2. The normalized spacial score (nSPS) is 17.9. The molecule has 4 rings (SSSR count). The maximum absolute atomic E-state index is 13.2. The van der Waals surface area contributed by atoms with Crippen molar-refractivity contribution in [2.45, 2.75) is 13.8 Å². The molecule has 0 spiro atoms. The van der Waals surface area contributed by atoms with Crippen molar-refractivity contribution in [2.75, 3.05) is 0 Å². The third-order valence-corrected chi connectivity index (χ3v) is 5.12. The first kappa shape index (κ1) is 16.5. The number of halogens is 1. The minimum absolute atomic E-state index is 0.118. The van der Waals surface area contributed by atoms with Crippen LogP contribution in [-0.4, -0.2) is 26.4 Å². The summed E-state index contributed by atoms with van der Waals surface area (Å²) in [4.78, 5) is 18.0. The second-order valence-electron chi connectivity index (χ2n) is 6.02. The number of aryl methyl sites for hydroxylation is 1. The lowest BCUT2D eigenvalue weighted by Gasteiger charge is -2.22. The number of rotatable bonds is 2. The summed E-state index contributed by atoms with van der Waals surface area (Å²) in [5.41, 5.74) is 3.78. The summed E-state index contributed by atoms with van der Waals surface area (Å²) >= 11 is 1.32. The van der Waals surface area contributed by atoms with Crippen LogP contribution in [0.25, 0.3) is 11.8 Å². The molecule has 0 unspecified atom stereocenters. The molecule has 130 valence electrons. The predicted molar refractivity (Wildman–Crippen MR) is 102 cm³/mol. The van der Waals surface area contributed by atoms with Gasteiger partial charge in [0.25, 0.3) is 5.91 Å². The number of fused-ring (bicyclic) bond motifs is 1. The van der Waals surface area contributed by atoms with E-state index in [1.54, 1.807) is 34.7 Å². The molecule has 0 saturated heterocycles. The molecule has 0 radical (unpaired) electrons. The standard InChI is InChI=1S/C19H15FN4OS/c1-11-9-13(12(2)24(11)15-5-3-14(20)4-6-15)10-16-17(21)23-7-8-26-19(23)22-18(16)25/h3-10,21H,1-2H3. The topological polar surface area (TPSA) is 61.5 Å². The average Bonchev–Trinajstić information content (AvgIpc) is 3.17. The van der Waals surface area contributed by atoms with Gasteiger partial charge in [0.15, 0.2) is 5.17 Å². The molecule has 2 aliphatic heterocycles. The quantitative estimate of drug-likeness (QED) is 0.817. The van der Waals surface area contributed by atoms with Crippen LogP contribution in [0.15, 0.2) is 52.5 Å². The van der Waals surface area contributed by atoms with Gasteiger partial charge in [0.1, 0.15) is 11.7 Å². The number of nitrogens with zero attached hydrogens (tertiary/aromatic N) is 3. The van der Waals surface area contributed by atoms with Crippen LogP contribution in [0.3, 0.4) is 0 Å². The molecule has 0 bridgehead atoms. The zero-order valence-electron chi connectivity index (χ0n) is 14.2. The Labute approximate surface area is 154 Å². The Hall–Kier alpha value is -2.93. The Bertz CT molecular complexity index is 1030. The number of aromatic nitrogens is 1. The number of benzene rings is 1. The molecule has 5 nitrogen and oxygen atoms in total. The fourth-order valence-electron chi connectivity index (χ4n) is 3.11. The summed E-state index contributed by atoms with van der Waals surface area (Å²) < 4.78 is 15.2. The molecule has 0 fully saturated rings. The van der Waals surface area contributed by atoms with Gasteiger partial charge in [-0.2, -0.15) is 4.99 Å². The van der Waals surface area contributed by atoms with Crippen molar-refractivity contribution in [3.05, 3.63) is 70.3 Å². The third-order valence-electron chi connectivity index (χ3n) is 4.37. The van der Waals surface area contributed by atoms with Gasteiger partial charge in [0.05, 0.1) is 5.57 Å². The van der Waals surface area contributed by atoms with Gasteiger partial charge in [0, 0.05) is 23.3 Å². The lowest BCUT2D eigenvalue weighted by atomic mass is 10.1. The molecule has 1 aromatic carbocycles. The van der Waals surface area contributed by atoms with Crippen molar-refractivity contribution in [3.8, 4) is 5.69 Å². The summed E-state index contributed by atoms with van der Waals surface area (Å²) in [7, 11) is 0. The van der Waals surface area contributed by atoms with Crippen LogP contribution in [0.2, 0.25) is 0 Å². The first-order chi connectivity index (χ1) is 12.5. The van der Waals surface area contributed by atoms with Crippen molar-refractivity contribution in [2.24, 2.45) is 4.99 Å². The highest BCUT2D eigenvalue weighted by molar-refractivity contribution is 8.16. The first-order valence-corrected chi connectivity index (χ1v) is 8.85. The summed E-state index contributed by atoms with van der Waals surface area (Å²) in [5.74, 6) is -0.582. The molecule has 7 heteroatoms. The zero-order chi connectivity index (χ0) is 18.4. The molecule has 1 aromatic heterocycles. The fraction of sp³-hybridized carbons (Fsp3) is 0.105. The first-order valence-electron chi connectivity index (χ1n) is 7.97. The summed E-state index contributed by atoms with van der Waals surface area (Å²) in [5, 5.41) is 10.6. The van der Waals surface area contributed by atoms with Crippen molar-refractivity contribution >= 4 is 34.7 Å². The van der Waals surface area contributed by atoms with E-state index in [0.29, 0.717) is 5.17 Å². The van der Waals surface area contributed by atoms with E-state index in [-0.39, 0.29) is 17.2 Å². The highest BCUT2D eigenvalue weighted by Gasteiger charge is 2.31. The lowest BCUT2D eigenvalue weighted by molar-refractivity contribution is -0.114. The molecule has 2 aliphatic rings. The van der Waals surface area contributed by atoms with Gasteiger partial charge < -0.3 is 4.57 Å². The Morgan fingerprint density at radius 2 is 1.96 bits per heavy atom. The van der Waals surface area contributed by atoms with Crippen molar-refractivity contribution < 1.29 is 9.18 Å². The van der Waals surface area contributed by atoms with Crippen LogP contribution < -0.4 is 0 Å². The second kappa shape index (κ2) is 6.10. The van der Waals surface area contributed by atoms with Crippen molar-refractivity contribution in [1.29, 1.82) is 5.41 Å². The van der Waals surface area contributed by atoms with Crippen molar-refractivity contribution in [1.82, 2.24) is 9.47 Å². The fourth-order valence-corrected chi connectivity index (χ4v) is 3.81. The van der Waals surface area contributed by atoms with Crippen LogP contribution >= 0.6 is 11.8 Å². The molecule has 0 saturated carbocycles. The number of aliphatic imine (C=N–C) groups is 1. The number of carbonyl (C=O) groups is 1. The van der Waals surface area contributed by atoms with E-state index >= 15 is 0 Å². The Balaban J connectivity index is 1.78. The number of amides is 1. The van der Waals surface area contributed by atoms with E-state index in [4.69, 9.17) is 5.41 Å². The Morgan fingerprint density at radius 3 is 2.69 bits per heavy atom. The summed E-state index contributed by atoms with van der Waals surface area (Å²) in [6.07, 6.45) is 3.43. The number of hydrogen-bond donors (Lipinski definition) is 1. The average molecular weight is 366 g/mol. The number of thioether (sulfide) groups is 1. The van der Waals surface area contributed by atoms with Gasteiger partial charge in [-0.25, -0.2) is 4.39 Å². The predicted octanol–water partition coefficient (Wildman–Crippen LogP) is 4.01. The highest BCUT2D eigenvalue weighted by Crippen LogP contribution is 2.29. The molecule has 3 heterocycles. The van der Waals surface area contributed by atoms with Gasteiger partial charge in [-0.15, -0.1) is 0 Å². The van der Waals surface area contributed by atoms with Gasteiger partial charge >= 0.3 is 0 Å². The van der Waals surface area contributed by atoms with E-state index in [1.165, 1.54) is 23.9 Å². The molecule has 0 aliphatic carbocycles. The molecule has 26 heavy (non-hydrogen) atoms. The number of nitrogens with one attached hydrogen (secondary N) is 1. The van der Waals surface area contributed by atoms with Crippen LogP contribution in [-0.2, 0) is 4.79 Å². The van der Waals surface area contributed by atoms with Gasteiger partial charge in [-0.05, 0) is 61.2 Å². The van der Waals surface area contributed by atoms with E-state index in [9.17, 15) is 9.18 Å². The zero-order valence-corrected chi connectivity index (χ0v) is 15.0. The van der Waals surface area contributed by atoms with Crippen LogP contribution in [0.1, 0.15) is 17.0 Å². The third kappa shape index (κ3) is 2.61. The lowest BCUT2D eigenvalue weighted by Crippen LogP contribution is -2.35. The SMILES string of the molecule is Cc1cc(C=C2C(=N)N3C=CSC3=NC2=O)c(C)n1-c1ccc(F)cc1. The van der Waals surface area contributed by atoms with E-state index < -0.39 is 5.91 Å². The molecule has 1 amide bonds. The van der Waals surface area contributed by atoms with Gasteiger partial charge in [0.2, 0.25) is 0 Å². The number of hydrogen-bond acceptors (Lipinski definition) is 3. The molecular weight excluding hydrogens is 351 g/mol. The Morgan fingerprint density at radius 1 is 1.23 bits per heavy atom. The molecule has 1 N–H and O–H groups in total. The van der Waals surface area contributed by atoms with Gasteiger partial charge in [-0.3, -0.25) is 15.1 Å². The van der Waals surface area contributed by atoms with E-state index in [1.807, 2.05) is 24.5 Å². The summed E-state index contributed by atoms with van der Waals surface area (Å²) in [6, 6.07) is 8.20. The van der Waals surface area contributed by atoms with Crippen LogP contribution in [0.4, 0.5) is 4.39 Å². The smallest absolute Gasteiger partial charge is 0.283 e. The van der Waals surface area contributed by atoms with Gasteiger partial charge in [-0.1, -0.05) is 11.8 Å².